The third kappa shape index (κ3) is 2.92. The minimum Gasteiger partial charge on any atom is -0.483 e. The molecule has 0 aliphatic heterocycles. The van der Waals surface area contributed by atoms with Gasteiger partial charge in [-0.15, -0.1) is 0 Å². The molecule has 0 aromatic heterocycles. The van der Waals surface area contributed by atoms with Gasteiger partial charge in [0, 0.05) is 0 Å². The van der Waals surface area contributed by atoms with E-state index in [9.17, 15) is 9.59 Å². The van der Waals surface area contributed by atoms with Gasteiger partial charge in [-0.25, -0.2) is 4.79 Å². The van der Waals surface area contributed by atoms with Crippen LogP contribution in [0.2, 0.25) is 0 Å². The van der Waals surface area contributed by atoms with E-state index in [2.05, 4.69) is 5.32 Å². The summed E-state index contributed by atoms with van der Waals surface area (Å²) < 4.78 is 5.47. The molecule has 0 radical (unpaired) electrons. The molecule has 2 N–H and O–H groups in total. The van der Waals surface area contributed by atoms with E-state index >= 15 is 0 Å². The molecule has 5 heteroatoms. The summed E-state index contributed by atoms with van der Waals surface area (Å²) in [7, 11) is 0. The van der Waals surface area contributed by atoms with Crippen LogP contribution in [0.25, 0.3) is 0 Å². The topological polar surface area (TPSA) is 75.6 Å². The highest BCUT2D eigenvalue weighted by Crippen LogP contribution is 2.32. The molecule has 0 unspecified atom stereocenters. The van der Waals surface area contributed by atoms with Crippen molar-refractivity contribution in [1.29, 1.82) is 0 Å². The second-order valence-electron chi connectivity index (χ2n) is 5.35. The van der Waals surface area contributed by atoms with Crippen LogP contribution < -0.4 is 10.1 Å². The first-order chi connectivity index (χ1) is 9.43. The molecular formula is C15H19NO4. The van der Waals surface area contributed by atoms with Crippen molar-refractivity contribution < 1.29 is 19.4 Å². The van der Waals surface area contributed by atoms with Gasteiger partial charge >= 0.3 is 5.97 Å². The van der Waals surface area contributed by atoms with Crippen LogP contribution in [0, 0.1) is 13.8 Å². The number of rotatable bonds is 5. The van der Waals surface area contributed by atoms with Gasteiger partial charge < -0.3 is 15.2 Å². The predicted octanol–water partition coefficient (Wildman–Crippen LogP) is 1.81. The molecule has 1 saturated carbocycles. The average Bonchev–Trinajstić information content (AvgIpc) is 2.34. The third-order valence-corrected chi connectivity index (χ3v) is 3.70. The fourth-order valence-corrected chi connectivity index (χ4v) is 2.23. The number of carboxylic acid groups (broad SMARTS) is 1. The van der Waals surface area contributed by atoms with E-state index in [1.165, 1.54) is 0 Å². The van der Waals surface area contributed by atoms with E-state index in [1.807, 2.05) is 32.0 Å². The predicted molar refractivity (Wildman–Crippen MR) is 73.8 cm³/mol. The van der Waals surface area contributed by atoms with Crippen molar-refractivity contribution in [1.82, 2.24) is 5.32 Å². The van der Waals surface area contributed by atoms with Crippen LogP contribution in [0.3, 0.4) is 0 Å². The van der Waals surface area contributed by atoms with E-state index in [-0.39, 0.29) is 6.61 Å². The number of aliphatic carboxylic acids is 1. The molecule has 0 bridgehead atoms. The standard InChI is InChI=1S/C15H19NO4/c1-10-4-5-11(2)12(8-10)20-9-13(17)16-15(14(18)19)6-3-7-15/h4-5,8H,3,6-7,9H2,1-2H3,(H,16,17)(H,18,19). The smallest absolute Gasteiger partial charge is 0.329 e. The number of amides is 1. The summed E-state index contributed by atoms with van der Waals surface area (Å²) in [6.45, 7) is 3.68. The van der Waals surface area contributed by atoms with E-state index < -0.39 is 17.4 Å². The summed E-state index contributed by atoms with van der Waals surface area (Å²) in [6.07, 6.45) is 1.79. The highest BCUT2D eigenvalue weighted by atomic mass is 16.5. The Morgan fingerprint density at radius 1 is 1.35 bits per heavy atom. The van der Waals surface area contributed by atoms with E-state index in [0.29, 0.717) is 18.6 Å². The van der Waals surface area contributed by atoms with Gasteiger partial charge in [0.2, 0.25) is 0 Å². The lowest BCUT2D eigenvalue weighted by atomic mass is 9.77. The number of nitrogens with one attached hydrogen (secondary N) is 1. The Bertz CT molecular complexity index is 535. The number of carbonyl (C=O) groups is 2. The maximum Gasteiger partial charge on any atom is 0.329 e. The van der Waals surface area contributed by atoms with Crippen molar-refractivity contribution in [2.24, 2.45) is 0 Å². The molecule has 1 fully saturated rings. The molecule has 1 aliphatic rings. The molecule has 0 heterocycles. The number of ether oxygens (including phenoxy) is 1. The zero-order chi connectivity index (χ0) is 14.8. The van der Waals surface area contributed by atoms with Crippen LogP contribution in [-0.4, -0.2) is 29.1 Å². The molecule has 0 spiro atoms. The minimum absolute atomic E-state index is 0.167. The maximum atomic E-state index is 11.8. The molecule has 108 valence electrons. The Hall–Kier alpha value is -2.04. The zero-order valence-corrected chi connectivity index (χ0v) is 11.7. The molecule has 1 amide bonds. The van der Waals surface area contributed by atoms with E-state index in [4.69, 9.17) is 9.84 Å². The lowest BCUT2D eigenvalue weighted by Gasteiger charge is -2.38. The first kappa shape index (κ1) is 14.4. The number of benzene rings is 1. The number of aryl methyl sites for hydroxylation is 2. The van der Waals surface area contributed by atoms with Crippen molar-refractivity contribution in [2.75, 3.05) is 6.61 Å². The Labute approximate surface area is 117 Å². The molecule has 0 saturated heterocycles. The Kier molecular flexibility index (Phi) is 3.97. The molecular weight excluding hydrogens is 258 g/mol. The van der Waals surface area contributed by atoms with Gasteiger partial charge in [-0.3, -0.25) is 4.79 Å². The SMILES string of the molecule is Cc1ccc(C)c(OCC(=O)NC2(C(=O)O)CCC2)c1. The summed E-state index contributed by atoms with van der Waals surface area (Å²) in [4.78, 5) is 23.0. The van der Waals surface area contributed by atoms with Crippen molar-refractivity contribution in [3.63, 3.8) is 0 Å². The Morgan fingerprint density at radius 3 is 2.60 bits per heavy atom. The van der Waals surface area contributed by atoms with Gasteiger partial charge in [-0.05, 0) is 50.3 Å². The van der Waals surface area contributed by atoms with Gasteiger partial charge in [0.1, 0.15) is 11.3 Å². The van der Waals surface area contributed by atoms with Gasteiger partial charge in [-0.1, -0.05) is 12.1 Å². The minimum atomic E-state index is -1.08. The van der Waals surface area contributed by atoms with Crippen LogP contribution in [0.1, 0.15) is 30.4 Å². The first-order valence-electron chi connectivity index (χ1n) is 6.67. The zero-order valence-electron chi connectivity index (χ0n) is 11.7. The largest absolute Gasteiger partial charge is 0.483 e. The van der Waals surface area contributed by atoms with Crippen LogP contribution in [-0.2, 0) is 9.59 Å². The fraction of sp³-hybridized carbons (Fsp3) is 0.467. The molecule has 20 heavy (non-hydrogen) atoms. The van der Waals surface area contributed by atoms with Crippen molar-refractivity contribution in [3.8, 4) is 5.75 Å². The first-order valence-corrected chi connectivity index (χ1v) is 6.67. The average molecular weight is 277 g/mol. The lowest BCUT2D eigenvalue weighted by molar-refractivity contribution is -0.152. The fourth-order valence-electron chi connectivity index (χ4n) is 2.23. The lowest BCUT2D eigenvalue weighted by Crippen LogP contribution is -2.59. The van der Waals surface area contributed by atoms with E-state index in [1.54, 1.807) is 0 Å². The van der Waals surface area contributed by atoms with Gasteiger partial charge in [0.15, 0.2) is 6.61 Å². The maximum absolute atomic E-state index is 11.8. The van der Waals surface area contributed by atoms with Crippen LogP contribution >= 0.6 is 0 Å². The number of hydrogen-bond acceptors (Lipinski definition) is 3. The highest BCUT2D eigenvalue weighted by Gasteiger charge is 2.45. The van der Waals surface area contributed by atoms with Crippen LogP contribution in [0.15, 0.2) is 18.2 Å². The summed E-state index contributed by atoms with van der Waals surface area (Å²) in [5.74, 6) is -0.713. The molecule has 1 aromatic carbocycles. The number of carboxylic acids is 1. The summed E-state index contributed by atoms with van der Waals surface area (Å²) >= 11 is 0. The van der Waals surface area contributed by atoms with Crippen LogP contribution in [0.5, 0.6) is 5.75 Å². The molecule has 0 atom stereocenters. The van der Waals surface area contributed by atoms with Crippen LogP contribution in [0.4, 0.5) is 0 Å². The van der Waals surface area contributed by atoms with E-state index in [0.717, 1.165) is 17.5 Å². The number of hydrogen-bond donors (Lipinski definition) is 2. The summed E-state index contributed by atoms with van der Waals surface area (Å²) in [6, 6.07) is 5.75. The van der Waals surface area contributed by atoms with Crippen molar-refractivity contribution in [2.45, 2.75) is 38.6 Å². The highest BCUT2D eigenvalue weighted by molar-refractivity contribution is 5.88. The van der Waals surface area contributed by atoms with Gasteiger partial charge in [0.25, 0.3) is 5.91 Å². The monoisotopic (exact) mass is 277 g/mol. The Morgan fingerprint density at radius 2 is 2.05 bits per heavy atom. The molecule has 1 aliphatic carbocycles. The number of carbonyl (C=O) groups excluding carboxylic acids is 1. The van der Waals surface area contributed by atoms with Crippen molar-refractivity contribution >= 4 is 11.9 Å². The second-order valence-corrected chi connectivity index (χ2v) is 5.35. The third-order valence-electron chi connectivity index (χ3n) is 3.70. The van der Waals surface area contributed by atoms with Gasteiger partial charge in [0.05, 0.1) is 0 Å². The van der Waals surface area contributed by atoms with Crippen molar-refractivity contribution in [3.05, 3.63) is 29.3 Å². The molecule has 2 rings (SSSR count). The second kappa shape index (κ2) is 5.53. The summed E-state index contributed by atoms with van der Waals surface area (Å²) in [5, 5.41) is 11.7. The molecule has 1 aromatic rings. The Balaban J connectivity index is 1.92. The quantitative estimate of drug-likeness (QED) is 0.860. The van der Waals surface area contributed by atoms with Gasteiger partial charge in [-0.2, -0.15) is 0 Å². The molecule has 5 nitrogen and oxygen atoms in total. The normalized spacial score (nSPS) is 16.1. The summed E-state index contributed by atoms with van der Waals surface area (Å²) in [5.41, 5.74) is 0.911.